The molecule has 0 bridgehead atoms. The van der Waals surface area contributed by atoms with Gasteiger partial charge in [0.05, 0.1) is 0 Å². The molecule has 0 atom stereocenters. The number of hydrogen-bond donors (Lipinski definition) is 0. The first-order valence-corrected chi connectivity index (χ1v) is 3.67. The molecule has 0 unspecified atom stereocenters. The first-order valence-electron chi connectivity index (χ1n) is 3.13. The van der Waals surface area contributed by atoms with Crippen molar-refractivity contribution in [3.63, 3.8) is 0 Å². The zero-order valence-corrected chi connectivity index (χ0v) is 6.62. The summed E-state index contributed by atoms with van der Waals surface area (Å²) in [4.78, 5) is 0. The highest BCUT2D eigenvalue weighted by Gasteiger charge is 1.82. The Morgan fingerprint density at radius 3 is 2.67 bits per heavy atom. The predicted octanol–water partition coefficient (Wildman–Crippen LogP) is 3.14. The molecule has 0 radical (unpaired) electrons. The number of unbranched alkanes of at least 4 members (excludes halogenated alkanes) is 1. The highest BCUT2D eigenvalue weighted by Crippen LogP contribution is 1.99. The van der Waals surface area contributed by atoms with Crippen LogP contribution in [-0.2, 0) is 0 Å². The Bertz CT molecular complexity index is 103. The third kappa shape index (κ3) is 5.64. The molecule has 0 nitrogen and oxygen atoms in total. The van der Waals surface area contributed by atoms with Crippen molar-refractivity contribution in [1.82, 2.24) is 0 Å². The fourth-order valence-electron chi connectivity index (χ4n) is 0.502. The van der Waals surface area contributed by atoms with Gasteiger partial charge in [0.15, 0.2) is 0 Å². The number of alkyl halides is 1. The zero-order valence-electron chi connectivity index (χ0n) is 5.86. The molecule has 0 aliphatic rings. The highest BCUT2D eigenvalue weighted by molar-refractivity contribution is 6.19. The van der Waals surface area contributed by atoms with Gasteiger partial charge in [-0.25, -0.2) is 0 Å². The van der Waals surface area contributed by atoms with Crippen molar-refractivity contribution in [1.29, 1.82) is 0 Å². The summed E-state index contributed by atoms with van der Waals surface area (Å²) in [5.74, 6) is 0.650. The molecule has 9 heavy (non-hydrogen) atoms. The van der Waals surface area contributed by atoms with Crippen LogP contribution in [0.15, 0.2) is 24.3 Å². The van der Waals surface area contributed by atoms with Gasteiger partial charge in [-0.2, -0.15) is 0 Å². The molecule has 1 heteroatoms. The quantitative estimate of drug-likeness (QED) is 0.323. The van der Waals surface area contributed by atoms with Gasteiger partial charge in [0.25, 0.3) is 0 Å². The monoisotopic (exact) mass is 144 g/mol. The van der Waals surface area contributed by atoms with E-state index in [1.165, 1.54) is 5.57 Å². The summed E-state index contributed by atoms with van der Waals surface area (Å²) in [6, 6.07) is 0. The minimum Gasteiger partial charge on any atom is -0.122 e. The summed E-state index contributed by atoms with van der Waals surface area (Å²) in [6.45, 7) is 5.66. The average Bonchev–Trinajstić information content (AvgIpc) is 1.89. The minimum absolute atomic E-state index is 0.650. The lowest BCUT2D eigenvalue weighted by molar-refractivity contribution is 1.04. The summed E-state index contributed by atoms with van der Waals surface area (Å²) in [6.07, 6.45) is 6.18. The second kappa shape index (κ2) is 5.90. The first-order chi connectivity index (χ1) is 4.31. The molecule has 0 aromatic heterocycles. The third-order valence-corrected chi connectivity index (χ3v) is 1.50. The van der Waals surface area contributed by atoms with E-state index in [0.717, 1.165) is 12.8 Å². The van der Waals surface area contributed by atoms with E-state index in [1.54, 1.807) is 0 Å². The van der Waals surface area contributed by atoms with Gasteiger partial charge >= 0.3 is 0 Å². The molecular formula is C8H13Cl. The summed E-state index contributed by atoms with van der Waals surface area (Å²) in [7, 11) is 0. The Morgan fingerprint density at radius 2 is 2.22 bits per heavy atom. The van der Waals surface area contributed by atoms with Crippen LogP contribution in [0.2, 0.25) is 0 Å². The van der Waals surface area contributed by atoms with Gasteiger partial charge < -0.3 is 0 Å². The molecule has 0 amide bonds. The number of hydrogen-bond acceptors (Lipinski definition) is 0. The average molecular weight is 145 g/mol. The van der Waals surface area contributed by atoms with Gasteiger partial charge in [-0.3, -0.25) is 0 Å². The van der Waals surface area contributed by atoms with Gasteiger partial charge in [0.2, 0.25) is 0 Å². The Morgan fingerprint density at radius 1 is 1.56 bits per heavy atom. The van der Waals surface area contributed by atoms with E-state index in [-0.39, 0.29) is 0 Å². The fourth-order valence-corrected chi connectivity index (χ4v) is 0.611. The molecule has 0 aliphatic carbocycles. The second-order valence-electron chi connectivity index (χ2n) is 2.05. The van der Waals surface area contributed by atoms with Crippen molar-refractivity contribution in [3.05, 3.63) is 24.3 Å². The van der Waals surface area contributed by atoms with E-state index in [1.807, 2.05) is 13.0 Å². The maximum Gasteiger partial charge on any atom is 0.0430 e. The number of allylic oxidation sites excluding steroid dienone is 3. The maximum absolute atomic E-state index is 5.54. The van der Waals surface area contributed by atoms with Crippen LogP contribution in [0.4, 0.5) is 0 Å². The van der Waals surface area contributed by atoms with Crippen LogP contribution < -0.4 is 0 Å². The van der Waals surface area contributed by atoms with Gasteiger partial charge in [0.1, 0.15) is 0 Å². The van der Waals surface area contributed by atoms with Crippen LogP contribution in [0.3, 0.4) is 0 Å². The van der Waals surface area contributed by atoms with E-state index in [0.29, 0.717) is 5.88 Å². The van der Waals surface area contributed by atoms with Gasteiger partial charge in [-0.05, 0) is 19.8 Å². The normalized spacial score (nSPS) is 11.6. The molecule has 0 spiro atoms. The molecule has 0 heterocycles. The molecule has 0 aliphatic heterocycles. The van der Waals surface area contributed by atoms with Crippen LogP contribution in [0.25, 0.3) is 0 Å². The SMILES string of the molecule is C=CCCC=C(C)CCl. The van der Waals surface area contributed by atoms with Crippen LogP contribution >= 0.6 is 11.6 Å². The Kier molecular flexibility index (Phi) is 5.75. The van der Waals surface area contributed by atoms with Crippen molar-refractivity contribution in [3.8, 4) is 0 Å². The standard InChI is InChI=1S/C8H13Cl/c1-3-4-5-6-8(2)7-9/h3,6H,1,4-5,7H2,2H3. The van der Waals surface area contributed by atoms with E-state index in [2.05, 4.69) is 12.7 Å². The zero-order chi connectivity index (χ0) is 7.11. The predicted molar refractivity (Wildman–Crippen MR) is 43.9 cm³/mol. The smallest absolute Gasteiger partial charge is 0.0430 e. The Balaban J connectivity index is 3.31. The van der Waals surface area contributed by atoms with E-state index >= 15 is 0 Å². The van der Waals surface area contributed by atoms with Gasteiger partial charge in [-0.15, -0.1) is 18.2 Å². The molecule has 0 saturated carbocycles. The van der Waals surface area contributed by atoms with Crippen molar-refractivity contribution in [2.24, 2.45) is 0 Å². The molecule has 0 fully saturated rings. The van der Waals surface area contributed by atoms with Crippen molar-refractivity contribution in [2.75, 3.05) is 5.88 Å². The molecule has 0 aromatic rings. The minimum atomic E-state index is 0.650. The molecule has 0 aromatic carbocycles. The van der Waals surface area contributed by atoms with E-state index < -0.39 is 0 Å². The lowest BCUT2D eigenvalue weighted by Crippen LogP contribution is -1.75. The van der Waals surface area contributed by atoms with E-state index in [9.17, 15) is 0 Å². The van der Waals surface area contributed by atoms with E-state index in [4.69, 9.17) is 11.6 Å². The number of rotatable bonds is 4. The summed E-state index contributed by atoms with van der Waals surface area (Å²) in [5, 5.41) is 0. The lowest BCUT2D eigenvalue weighted by Gasteiger charge is -1.90. The van der Waals surface area contributed by atoms with Crippen LogP contribution in [0, 0.1) is 0 Å². The van der Waals surface area contributed by atoms with Crippen molar-refractivity contribution in [2.45, 2.75) is 19.8 Å². The second-order valence-corrected chi connectivity index (χ2v) is 2.32. The largest absolute Gasteiger partial charge is 0.122 e. The van der Waals surface area contributed by atoms with Crippen molar-refractivity contribution >= 4 is 11.6 Å². The third-order valence-electron chi connectivity index (χ3n) is 1.07. The van der Waals surface area contributed by atoms with Crippen LogP contribution in [0.1, 0.15) is 19.8 Å². The summed E-state index contributed by atoms with van der Waals surface area (Å²) >= 11 is 5.54. The summed E-state index contributed by atoms with van der Waals surface area (Å²) in [5.41, 5.74) is 1.25. The Labute approximate surface area is 62.2 Å². The molecule has 0 rings (SSSR count). The van der Waals surface area contributed by atoms with Gasteiger partial charge in [-0.1, -0.05) is 17.7 Å². The molecule has 0 N–H and O–H groups in total. The maximum atomic E-state index is 5.54. The number of halogens is 1. The summed E-state index contributed by atoms with van der Waals surface area (Å²) < 4.78 is 0. The van der Waals surface area contributed by atoms with Gasteiger partial charge in [0, 0.05) is 5.88 Å². The first kappa shape index (κ1) is 8.77. The molecule has 0 saturated heterocycles. The van der Waals surface area contributed by atoms with Crippen molar-refractivity contribution < 1.29 is 0 Å². The molecular weight excluding hydrogens is 132 g/mol. The van der Waals surface area contributed by atoms with Crippen LogP contribution in [0.5, 0.6) is 0 Å². The molecule has 52 valence electrons. The Hall–Kier alpha value is -0.230. The topological polar surface area (TPSA) is 0 Å². The fraction of sp³-hybridized carbons (Fsp3) is 0.500. The lowest BCUT2D eigenvalue weighted by atomic mass is 10.2. The van der Waals surface area contributed by atoms with Crippen LogP contribution in [-0.4, -0.2) is 5.88 Å². The highest BCUT2D eigenvalue weighted by atomic mass is 35.5.